The lowest BCUT2D eigenvalue weighted by Gasteiger charge is -2.17. The third kappa shape index (κ3) is 2.80. The minimum absolute atomic E-state index is 0.0187. The number of para-hydroxylation sites is 1. The van der Waals surface area contributed by atoms with E-state index in [-0.39, 0.29) is 12.0 Å². The van der Waals surface area contributed by atoms with E-state index in [0.29, 0.717) is 6.54 Å². The topological polar surface area (TPSA) is 42.4 Å². The lowest BCUT2D eigenvalue weighted by atomic mass is 10.2. The number of amides is 1. The van der Waals surface area contributed by atoms with E-state index in [2.05, 4.69) is 4.98 Å². The number of benzene rings is 1. The summed E-state index contributed by atoms with van der Waals surface area (Å²) in [4.78, 5) is 18.7. The van der Waals surface area contributed by atoms with Crippen molar-refractivity contribution in [1.82, 2.24) is 9.88 Å². The van der Waals surface area contributed by atoms with Gasteiger partial charge in [-0.2, -0.15) is 11.3 Å². The molecule has 2 aromatic heterocycles. The molecule has 0 unspecified atom stereocenters. The van der Waals surface area contributed by atoms with Crippen LogP contribution in [0.15, 0.2) is 53.4 Å². The number of carbonyl (C=O) groups is 1. The highest BCUT2D eigenvalue weighted by atomic mass is 32.1. The van der Waals surface area contributed by atoms with Gasteiger partial charge in [-0.15, -0.1) is 0 Å². The van der Waals surface area contributed by atoms with Gasteiger partial charge in [-0.25, -0.2) is 0 Å². The first-order valence-corrected chi connectivity index (χ1v) is 8.57. The Labute approximate surface area is 138 Å². The van der Waals surface area contributed by atoms with Crippen LogP contribution in [0.5, 0.6) is 5.75 Å². The number of carbonyl (C=O) groups excluding carboxylic acids is 1. The highest BCUT2D eigenvalue weighted by molar-refractivity contribution is 7.08. The minimum Gasteiger partial charge on any atom is -0.486 e. The maximum Gasteiger partial charge on any atom is 0.254 e. The van der Waals surface area contributed by atoms with Gasteiger partial charge in [0.2, 0.25) is 0 Å². The highest BCUT2D eigenvalue weighted by Crippen LogP contribution is 2.26. The Bertz CT molecular complexity index is 827. The number of rotatable bonds is 3. The van der Waals surface area contributed by atoms with Crippen molar-refractivity contribution in [2.45, 2.75) is 12.5 Å². The summed E-state index contributed by atoms with van der Waals surface area (Å²) in [6.45, 7) is 1.36. The van der Waals surface area contributed by atoms with E-state index in [9.17, 15) is 4.79 Å². The summed E-state index contributed by atoms with van der Waals surface area (Å²) in [5.74, 6) is 0.881. The third-order valence-corrected chi connectivity index (χ3v) is 4.77. The summed E-state index contributed by atoms with van der Waals surface area (Å²) in [5, 5.41) is 4.89. The summed E-state index contributed by atoms with van der Waals surface area (Å²) < 4.78 is 6.13. The Morgan fingerprint density at radius 3 is 3.04 bits per heavy atom. The van der Waals surface area contributed by atoms with Crippen molar-refractivity contribution in [3.05, 3.63) is 58.9 Å². The van der Waals surface area contributed by atoms with Crippen LogP contribution in [0.25, 0.3) is 10.9 Å². The van der Waals surface area contributed by atoms with E-state index in [1.54, 1.807) is 17.5 Å². The van der Waals surface area contributed by atoms with Crippen molar-refractivity contribution in [3.8, 4) is 5.75 Å². The SMILES string of the molecule is O=C(c1ccsc1)N1CC[C@H](Oc2cccc3cccnc23)C1. The number of hydrogen-bond donors (Lipinski definition) is 0. The maximum atomic E-state index is 12.4. The molecule has 0 saturated carbocycles. The molecule has 1 saturated heterocycles. The molecule has 0 N–H and O–H groups in total. The monoisotopic (exact) mass is 324 g/mol. The van der Waals surface area contributed by atoms with Crippen LogP contribution in [0, 0.1) is 0 Å². The largest absolute Gasteiger partial charge is 0.486 e. The number of ether oxygens (including phenoxy) is 1. The Hall–Kier alpha value is -2.40. The van der Waals surface area contributed by atoms with Gasteiger partial charge in [0, 0.05) is 29.9 Å². The molecule has 1 amide bonds. The molecule has 3 aromatic rings. The molecule has 0 aliphatic carbocycles. The minimum atomic E-state index is 0.0187. The van der Waals surface area contributed by atoms with Gasteiger partial charge >= 0.3 is 0 Å². The van der Waals surface area contributed by atoms with Gasteiger partial charge in [0.1, 0.15) is 17.4 Å². The van der Waals surface area contributed by atoms with Crippen LogP contribution in [0.2, 0.25) is 0 Å². The average molecular weight is 324 g/mol. The number of likely N-dealkylation sites (tertiary alicyclic amines) is 1. The molecule has 1 atom stereocenters. The van der Waals surface area contributed by atoms with Crippen LogP contribution in [-0.4, -0.2) is 35.0 Å². The molecule has 23 heavy (non-hydrogen) atoms. The zero-order valence-corrected chi connectivity index (χ0v) is 13.3. The summed E-state index contributed by atoms with van der Waals surface area (Å²) in [6.07, 6.45) is 2.64. The van der Waals surface area contributed by atoms with Gasteiger partial charge in [0.15, 0.2) is 0 Å². The van der Waals surface area contributed by atoms with Gasteiger partial charge in [-0.1, -0.05) is 18.2 Å². The van der Waals surface area contributed by atoms with Crippen molar-refractivity contribution < 1.29 is 9.53 Å². The molecule has 4 nitrogen and oxygen atoms in total. The summed E-state index contributed by atoms with van der Waals surface area (Å²) in [5.41, 5.74) is 1.64. The molecule has 1 aliphatic rings. The Morgan fingerprint density at radius 2 is 2.17 bits per heavy atom. The predicted molar refractivity (Wildman–Crippen MR) is 91.0 cm³/mol. The number of aromatic nitrogens is 1. The molecular formula is C18H16N2O2S. The average Bonchev–Trinajstić information content (AvgIpc) is 3.27. The molecule has 5 heteroatoms. The second-order valence-corrected chi connectivity index (χ2v) is 6.40. The molecule has 3 heterocycles. The number of fused-ring (bicyclic) bond motifs is 1. The van der Waals surface area contributed by atoms with Crippen LogP contribution in [0.1, 0.15) is 16.8 Å². The van der Waals surface area contributed by atoms with Crippen molar-refractivity contribution in [3.63, 3.8) is 0 Å². The second kappa shape index (κ2) is 6.01. The van der Waals surface area contributed by atoms with Gasteiger partial charge in [-0.3, -0.25) is 9.78 Å². The normalized spacial score (nSPS) is 17.6. The molecule has 4 rings (SSSR count). The van der Waals surface area contributed by atoms with Gasteiger partial charge in [0.25, 0.3) is 5.91 Å². The van der Waals surface area contributed by atoms with Crippen LogP contribution in [-0.2, 0) is 0 Å². The third-order valence-electron chi connectivity index (χ3n) is 4.09. The quantitative estimate of drug-likeness (QED) is 0.739. The molecule has 0 spiro atoms. The molecule has 1 aliphatic heterocycles. The number of hydrogen-bond acceptors (Lipinski definition) is 4. The van der Waals surface area contributed by atoms with E-state index in [0.717, 1.165) is 35.2 Å². The fourth-order valence-corrected chi connectivity index (χ4v) is 3.56. The fourth-order valence-electron chi connectivity index (χ4n) is 2.93. The summed E-state index contributed by atoms with van der Waals surface area (Å²) in [7, 11) is 0. The Balaban J connectivity index is 1.49. The number of thiophene rings is 1. The first-order chi connectivity index (χ1) is 11.3. The van der Waals surface area contributed by atoms with Crippen molar-refractivity contribution in [1.29, 1.82) is 0 Å². The smallest absolute Gasteiger partial charge is 0.254 e. The van der Waals surface area contributed by atoms with Crippen LogP contribution < -0.4 is 4.74 Å². The zero-order valence-electron chi connectivity index (χ0n) is 12.5. The number of pyridine rings is 1. The van der Waals surface area contributed by atoms with E-state index < -0.39 is 0 Å². The van der Waals surface area contributed by atoms with Crippen LogP contribution >= 0.6 is 11.3 Å². The fraction of sp³-hybridized carbons (Fsp3) is 0.222. The first-order valence-electron chi connectivity index (χ1n) is 7.63. The Kier molecular flexibility index (Phi) is 3.71. The van der Waals surface area contributed by atoms with Gasteiger partial charge in [0.05, 0.1) is 12.1 Å². The lowest BCUT2D eigenvalue weighted by molar-refractivity contribution is 0.0773. The standard InChI is InChI=1S/C18H16N2O2S/c21-18(14-7-10-23-12-14)20-9-6-15(11-20)22-16-5-1-3-13-4-2-8-19-17(13)16/h1-5,7-8,10,12,15H,6,9,11H2/t15-/m0/s1. The van der Waals surface area contributed by atoms with Crippen molar-refractivity contribution >= 4 is 28.1 Å². The van der Waals surface area contributed by atoms with Crippen molar-refractivity contribution in [2.75, 3.05) is 13.1 Å². The number of nitrogens with zero attached hydrogens (tertiary/aromatic N) is 2. The van der Waals surface area contributed by atoms with E-state index in [1.807, 2.05) is 52.1 Å². The molecule has 1 aromatic carbocycles. The van der Waals surface area contributed by atoms with Gasteiger partial charge in [-0.05, 0) is 23.6 Å². The Morgan fingerprint density at radius 1 is 1.26 bits per heavy atom. The first kappa shape index (κ1) is 14.2. The summed E-state index contributed by atoms with van der Waals surface area (Å²) >= 11 is 1.54. The molecule has 1 fully saturated rings. The second-order valence-electron chi connectivity index (χ2n) is 5.62. The molecule has 0 bridgehead atoms. The highest BCUT2D eigenvalue weighted by Gasteiger charge is 2.28. The van der Waals surface area contributed by atoms with Crippen LogP contribution in [0.4, 0.5) is 0 Å². The van der Waals surface area contributed by atoms with Gasteiger partial charge < -0.3 is 9.64 Å². The van der Waals surface area contributed by atoms with E-state index in [4.69, 9.17) is 4.74 Å². The zero-order chi connectivity index (χ0) is 15.6. The maximum absolute atomic E-state index is 12.4. The van der Waals surface area contributed by atoms with E-state index >= 15 is 0 Å². The predicted octanol–water partition coefficient (Wildman–Crippen LogP) is 3.59. The van der Waals surface area contributed by atoms with E-state index in [1.165, 1.54) is 0 Å². The molecular weight excluding hydrogens is 308 g/mol. The molecule has 0 radical (unpaired) electrons. The van der Waals surface area contributed by atoms with Crippen molar-refractivity contribution in [2.24, 2.45) is 0 Å². The summed E-state index contributed by atoms with van der Waals surface area (Å²) in [6, 6.07) is 11.8. The molecule has 116 valence electrons. The van der Waals surface area contributed by atoms with Crippen LogP contribution in [0.3, 0.4) is 0 Å². The lowest BCUT2D eigenvalue weighted by Crippen LogP contribution is -2.30.